The number of nitrogens with zero attached hydrogens (tertiary/aromatic N) is 7. The molecule has 0 fully saturated rings. The van der Waals surface area contributed by atoms with Gasteiger partial charge in [-0.15, -0.1) is 6.42 Å². The zero-order chi connectivity index (χ0) is 30.7. The van der Waals surface area contributed by atoms with Gasteiger partial charge in [0.15, 0.2) is 5.69 Å². The fourth-order valence-electron chi connectivity index (χ4n) is 4.13. The molecule has 1 amide bonds. The maximum atomic E-state index is 13.3. The Morgan fingerprint density at radius 3 is 2.65 bits per heavy atom. The molecule has 0 unspecified atom stereocenters. The predicted molar refractivity (Wildman–Crippen MR) is 148 cm³/mol. The van der Waals surface area contributed by atoms with E-state index in [9.17, 15) is 28.1 Å². The fourth-order valence-corrected chi connectivity index (χ4v) is 4.13. The summed E-state index contributed by atoms with van der Waals surface area (Å²) in [6.45, 7) is 0.0228. The number of carbonyl (C=O) groups is 1. The normalized spacial score (nSPS) is 11.7. The molecule has 0 atom stereocenters. The second-order valence-electron chi connectivity index (χ2n) is 9.85. The number of aromatic nitrogens is 5. The Morgan fingerprint density at radius 2 is 1.98 bits per heavy atom. The lowest BCUT2D eigenvalue weighted by Crippen LogP contribution is -3.00. The van der Waals surface area contributed by atoms with Gasteiger partial charge in [-0.05, 0) is 40.2 Å². The van der Waals surface area contributed by atoms with E-state index in [0.717, 1.165) is 7.05 Å². The van der Waals surface area contributed by atoms with Crippen LogP contribution in [0.15, 0.2) is 55.0 Å². The van der Waals surface area contributed by atoms with Crippen LogP contribution in [0.5, 0.6) is 0 Å². The fraction of sp³-hybridized carbons (Fsp3) is 0.222. The molecule has 3 heterocycles. The molecule has 0 saturated carbocycles. The molecule has 1 aromatic carbocycles. The topological polar surface area (TPSA) is 141 Å². The minimum atomic E-state index is -4.85. The first-order valence-electron chi connectivity index (χ1n) is 12.3. The van der Waals surface area contributed by atoms with Gasteiger partial charge in [0.2, 0.25) is 5.91 Å². The summed E-state index contributed by atoms with van der Waals surface area (Å²) in [5, 5.41) is 17.8. The Hall–Kier alpha value is -4.88. The summed E-state index contributed by atoms with van der Waals surface area (Å²) in [6, 6.07) is 8.81. The van der Waals surface area contributed by atoms with Gasteiger partial charge in [0, 0.05) is 29.8 Å². The Balaban J connectivity index is 0.00000506. The van der Waals surface area contributed by atoms with Gasteiger partial charge in [0.05, 0.1) is 32.4 Å². The highest BCUT2D eigenvalue weighted by Gasteiger charge is 2.45. The third-order valence-corrected chi connectivity index (χ3v) is 6.13. The monoisotopic (exact) mass is 659 g/mol. The van der Waals surface area contributed by atoms with Crippen molar-refractivity contribution in [3.8, 4) is 12.3 Å². The Bertz CT molecular complexity index is 1750. The van der Waals surface area contributed by atoms with E-state index < -0.39 is 28.6 Å². The molecule has 0 spiro atoms. The van der Waals surface area contributed by atoms with Gasteiger partial charge in [-0.3, -0.25) is 9.36 Å². The van der Waals surface area contributed by atoms with Crippen LogP contribution < -0.4 is 27.6 Å². The van der Waals surface area contributed by atoms with Crippen molar-refractivity contribution in [1.29, 1.82) is 0 Å². The first-order valence-corrected chi connectivity index (χ1v) is 12.3. The molecule has 16 heteroatoms. The summed E-state index contributed by atoms with van der Waals surface area (Å²) in [5.74, 6) is 0.537. The molecule has 0 bridgehead atoms. The number of rotatable bonds is 9. The van der Waals surface area contributed by atoms with Crippen LogP contribution in [0, 0.1) is 22.5 Å². The number of nitrogens with one attached hydrogen (secondary N) is 2. The summed E-state index contributed by atoms with van der Waals surface area (Å²) in [5.41, 5.74) is 1.74. The number of likely N-dealkylation sites (N-methyl/N-ethyl adjacent to an activating group) is 1. The van der Waals surface area contributed by atoms with Gasteiger partial charge in [0.1, 0.15) is 24.5 Å². The molecular weight excluding hydrogens is 635 g/mol. The predicted octanol–water partition coefficient (Wildman–Crippen LogP) is 1.19. The Morgan fingerprint density at radius 1 is 1.23 bits per heavy atom. The highest BCUT2D eigenvalue weighted by molar-refractivity contribution is 6.00. The van der Waals surface area contributed by atoms with Crippen molar-refractivity contribution in [1.82, 2.24) is 24.5 Å². The van der Waals surface area contributed by atoms with E-state index in [2.05, 4.69) is 36.5 Å². The number of hydrogen-bond donors (Lipinski definition) is 2. The molecule has 4 aromatic rings. The van der Waals surface area contributed by atoms with Gasteiger partial charge < -0.3 is 42.2 Å². The second kappa shape index (κ2) is 13.0. The average molecular weight is 660 g/mol. The highest BCUT2D eigenvalue weighted by Crippen LogP contribution is 2.33. The van der Waals surface area contributed by atoms with Crippen LogP contribution >= 0.6 is 0 Å². The lowest BCUT2D eigenvalue weighted by Gasteiger charge is -2.28. The van der Waals surface area contributed by atoms with E-state index in [0.29, 0.717) is 32.5 Å². The largest absolute Gasteiger partial charge is 1.00 e. The molecule has 0 saturated heterocycles. The molecule has 0 radical (unpaired) electrons. The second-order valence-corrected chi connectivity index (χ2v) is 9.85. The maximum Gasteiger partial charge on any atom is 0.475 e. The smallest absolute Gasteiger partial charge is 0.475 e. The molecule has 43 heavy (non-hydrogen) atoms. The van der Waals surface area contributed by atoms with Crippen molar-refractivity contribution < 1.29 is 44.4 Å². The van der Waals surface area contributed by atoms with Gasteiger partial charge in [-0.1, -0.05) is 12.0 Å². The van der Waals surface area contributed by atoms with Crippen LogP contribution in [0.1, 0.15) is 17.1 Å². The van der Waals surface area contributed by atoms with Gasteiger partial charge in [-0.25, -0.2) is 15.0 Å². The number of carbonyl (C=O) groups excluding carboxylic acids is 1. The summed E-state index contributed by atoms with van der Waals surface area (Å²) >= 11 is 0. The molecule has 224 valence electrons. The Labute approximate surface area is 254 Å². The van der Waals surface area contributed by atoms with Crippen molar-refractivity contribution in [3.63, 3.8) is 0 Å². The van der Waals surface area contributed by atoms with E-state index in [1.54, 1.807) is 38.4 Å². The number of halogens is 4. The maximum absolute atomic E-state index is 13.3. The minimum absolute atomic E-state index is 0. The van der Waals surface area contributed by atoms with E-state index in [1.165, 1.54) is 24.7 Å². The first-order chi connectivity index (χ1) is 19.8. The lowest BCUT2D eigenvalue weighted by atomic mass is 10.2. The summed E-state index contributed by atoms with van der Waals surface area (Å²) in [6.07, 6.45) is 6.25. The zero-order valence-corrected chi connectivity index (χ0v) is 24.6. The number of fused-ring (bicyclic) bond motifs is 1. The number of nitro groups is 1. The standard InChI is InChI=1S/C27H24F3N9O3.BrH/c1-5-17-8-6-9-18(12-17)34-24-19-13-22(31-14-20(19)32-16-33-24)35-23(40)10-7-11-39(3,4)15-21-25(38(41)42)36-26(37(21)2)27(28,29)30;/h1,6-10,12-14,16H,11,15H2,2-4H3,(H-,31,32,33,34,35,40);1H/b10-7+;. The summed E-state index contributed by atoms with van der Waals surface area (Å²) < 4.78 is 40.4. The van der Waals surface area contributed by atoms with Crippen LogP contribution in [-0.2, 0) is 24.6 Å². The minimum Gasteiger partial charge on any atom is -1.00 e. The molecule has 0 aliphatic heterocycles. The first kappa shape index (κ1) is 32.6. The number of quaternary nitrogens is 1. The number of hydrogen-bond acceptors (Lipinski definition) is 8. The molecule has 4 rings (SSSR count). The molecule has 0 aliphatic carbocycles. The van der Waals surface area contributed by atoms with Crippen LogP contribution in [0.2, 0.25) is 0 Å². The number of pyridine rings is 1. The SMILES string of the molecule is C#Cc1cccc(Nc2ncnc3cnc(NC(=O)/C=C/C[N+](C)(C)Cc4c([N+](=O)[O-])nc(C(F)(F)F)n4C)cc23)c1.[Br-]. The van der Waals surface area contributed by atoms with Crippen molar-refractivity contribution in [2.45, 2.75) is 12.7 Å². The molecule has 2 N–H and O–H groups in total. The van der Waals surface area contributed by atoms with Gasteiger partial charge >= 0.3 is 17.8 Å². The number of terminal acetylenes is 1. The van der Waals surface area contributed by atoms with Crippen molar-refractivity contribution in [2.24, 2.45) is 7.05 Å². The van der Waals surface area contributed by atoms with E-state index in [4.69, 9.17) is 6.42 Å². The zero-order valence-electron chi connectivity index (χ0n) is 23.1. The van der Waals surface area contributed by atoms with Gasteiger partial charge in [0.25, 0.3) is 0 Å². The quantitative estimate of drug-likeness (QED) is 0.0898. The molecular formula is C27H25BrF3N9O3. The van der Waals surface area contributed by atoms with E-state index in [-0.39, 0.29) is 46.1 Å². The summed E-state index contributed by atoms with van der Waals surface area (Å²) in [7, 11) is 4.40. The van der Waals surface area contributed by atoms with Crippen LogP contribution in [0.4, 0.5) is 36.3 Å². The number of benzene rings is 1. The van der Waals surface area contributed by atoms with Crippen molar-refractivity contribution in [2.75, 3.05) is 31.3 Å². The van der Waals surface area contributed by atoms with E-state index >= 15 is 0 Å². The highest BCUT2D eigenvalue weighted by atomic mass is 79.9. The summed E-state index contributed by atoms with van der Waals surface area (Å²) in [4.78, 5) is 38.9. The number of alkyl halides is 3. The van der Waals surface area contributed by atoms with Crippen LogP contribution in [0.3, 0.4) is 0 Å². The van der Waals surface area contributed by atoms with Crippen LogP contribution in [-0.4, -0.2) is 60.5 Å². The van der Waals surface area contributed by atoms with Crippen LogP contribution in [0.25, 0.3) is 10.9 Å². The van der Waals surface area contributed by atoms with Gasteiger partial charge in [-0.2, -0.15) is 13.2 Å². The molecule has 3 aromatic heterocycles. The van der Waals surface area contributed by atoms with E-state index in [1.807, 2.05) is 6.07 Å². The number of anilines is 3. The molecule has 12 nitrogen and oxygen atoms in total. The average Bonchev–Trinajstić information content (AvgIpc) is 3.25. The third-order valence-electron chi connectivity index (χ3n) is 6.13. The van der Waals surface area contributed by atoms with Crippen molar-refractivity contribution >= 4 is 40.0 Å². The number of amides is 1. The number of imidazole rings is 1. The molecule has 0 aliphatic rings. The lowest BCUT2D eigenvalue weighted by molar-refractivity contribution is -0.898. The van der Waals surface area contributed by atoms with Crippen molar-refractivity contribution in [3.05, 3.63) is 82.2 Å². The third kappa shape index (κ3) is 7.90. The Kier molecular flexibility index (Phi) is 9.84.